The van der Waals surface area contributed by atoms with Gasteiger partial charge in [0.1, 0.15) is 6.33 Å². The molecule has 1 heterocycles. The second kappa shape index (κ2) is 4.69. The van der Waals surface area contributed by atoms with Crippen LogP contribution in [0.15, 0.2) is 12.5 Å². The monoisotopic (exact) mass is 194 g/mol. The van der Waals surface area contributed by atoms with Crippen LogP contribution in [0.2, 0.25) is 0 Å². The molecule has 0 saturated carbocycles. The molecule has 0 amide bonds. The summed E-state index contributed by atoms with van der Waals surface area (Å²) in [5.41, 5.74) is 0.874. The van der Waals surface area contributed by atoms with Gasteiger partial charge < -0.3 is 5.11 Å². The van der Waals surface area contributed by atoms with Crippen molar-refractivity contribution in [1.82, 2.24) is 9.97 Å². The fourth-order valence-corrected chi connectivity index (χ4v) is 1.50. The average molecular weight is 194 g/mol. The van der Waals surface area contributed by atoms with Gasteiger partial charge in [-0.05, 0) is 12.8 Å². The Morgan fingerprint density at radius 3 is 2.64 bits per heavy atom. The van der Waals surface area contributed by atoms with E-state index in [9.17, 15) is 4.79 Å². The molecule has 0 fully saturated rings. The lowest BCUT2D eigenvalue weighted by atomic mass is 9.96. The Morgan fingerprint density at radius 2 is 2.14 bits per heavy atom. The zero-order chi connectivity index (χ0) is 10.6. The molecule has 0 saturated heterocycles. The number of aromatic carboxylic acids is 1. The van der Waals surface area contributed by atoms with E-state index in [1.54, 1.807) is 0 Å². The van der Waals surface area contributed by atoms with E-state index in [4.69, 9.17) is 5.11 Å². The van der Waals surface area contributed by atoms with Crippen molar-refractivity contribution in [2.75, 3.05) is 0 Å². The van der Waals surface area contributed by atoms with E-state index in [2.05, 4.69) is 9.97 Å². The Morgan fingerprint density at radius 1 is 1.50 bits per heavy atom. The number of carboxylic acids is 1. The Balaban J connectivity index is 3.11. The van der Waals surface area contributed by atoms with Crippen LogP contribution in [0.5, 0.6) is 0 Å². The van der Waals surface area contributed by atoms with Gasteiger partial charge >= 0.3 is 5.97 Å². The van der Waals surface area contributed by atoms with Gasteiger partial charge in [0.05, 0.1) is 11.3 Å². The highest BCUT2D eigenvalue weighted by molar-refractivity contribution is 5.88. The van der Waals surface area contributed by atoms with E-state index in [1.165, 1.54) is 12.5 Å². The number of hydrogen-bond donors (Lipinski definition) is 1. The summed E-state index contributed by atoms with van der Waals surface area (Å²) in [5, 5.41) is 8.93. The van der Waals surface area contributed by atoms with Crippen molar-refractivity contribution < 1.29 is 9.90 Å². The van der Waals surface area contributed by atoms with Crippen LogP contribution in [0.25, 0.3) is 0 Å². The summed E-state index contributed by atoms with van der Waals surface area (Å²) in [7, 11) is 0. The highest BCUT2D eigenvalue weighted by atomic mass is 16.4. The zero-order valence-electron chi connectivity index (χ0n) is 8.40. The second-order valence-electron chi connectivity index (χ2n) is 3.14. The third kappa shape index (κ3) is 2.07. The average Bonchev–Trinajstić information content (AvgIpc) is 2.20. The third-order valence-corrected chi connectivity index (χ3v) is 2.35. The molecule has 4 nitrogen and oxygen atoms in total. The van der Waals surface area contributed by atoms with Gasteiger partial charge in [0.15, 0.2) is 0 Å². The molecule has 0 radical (unpaired) electrons. The van der Waals surface area contributed by atoms with Crippen LogP contribution in [-0.2, 0) is 0 Å². The summed E-state index contributed by atoms with van der Waals surface area (Å²) in [4.78, 5) is 18.7. The lowest BCUT2D eigenvalue weighted by molar-refractivity contribution is 0.0694. The minimum absolute atomic E-state index is 0.212. The standard InChI is InChI=1S/C10H14N2O2/c1-3-7(4-2)9-8(10(13)14)5-11-6-12-9/h5-7H,3-4H2,1-2H3,(H,13,14). The van der Waals surface area contributed by atoms with Gasteiger partial charge in [-0.25, -0.2) is 14.8 Å². The molecule has 0 aliphatic carbocycles. The van der Waals surface area contributed by atoms with Crippen LogP contribution in [0.1, 0.15) is 48.7 Å². The van der Waals surface area contributed by atoms with Crippen molar-refractivity contribution in [3.05, 3.63) is 23.8 Å². The van der Waals surface area contributed by atoms with Crippen LogP contribution in [-0.4, -0.2) is 21.0 Å². The highest BCUT2D eigenvalue weighted by Crippen LogP contribution is 2.23. The lowest BCUT2D eigenvalue weighted by Crippen LogP contribution is -2.09. The van der Waals surface area contributed by atoms with E-state index in [0.29, 0.717) is 5.69 Å². The topological polar surface area (TPSA) is 63.1 Å². The number of nitrogens with zero attached hydrogens (tertiary/aromatic N) is 2. The number of carbonyl (C=O) groups is 1. The first-order valence-electron chi connectivity index (χ1n) is 4.73. The molecule has 1 rings (SSSR count). The molecule has 0 aliphatic rings. The van der Waals surface area contributed by atoms with Crippen molar-refractivity contribution in [1.29, 1.82) is 0 Å². The van der Waals surface area contributed by atoms with Gasteiger partial charge in [-0.2, -0.15) is 0 Å². The number of rotatable bonds is 4. The van der Waals surface area contributed by atoms with E-state index in [0.717, 1.165) is 12.8 Å². The van der Waals surface area contributed by atoms with Gasteiger partial charge in [0.25, 0.3) is 0 Å². The molecule has 0 unspecified atom stereocenters. The Labute approximate surface area is 83.0 Å². The normalized spacial score (nSPS) is 10.5. The summed E-state index contributed by atoms with van der Waals surface area (Å²) in [5.74, 6) is -0.739. The van der Waals surface area contributed by atoms with Crippen molar-refractivity contribution >= 4 is 5.97 Å². The fourth-order valence-electron chi connectivity index (χ4n) is 1.50. The van der Waals surface area contributed by atoms with Gasteiger partial charge in [-0.3, -0.25) is 0 Å². The van der Waals surface area contributed by atoms with E-state index in [-0.39, 0.29) is 11.5 Å². The molecule has 1 N–H and O–H groups in total. The molecule has 4 heteroatoms. The summed E-state index contributed by atoms with van der Waals surface area (Å²) >= 11 is 0. The third-order valence-electron chi connectivity index (χ3n) is 2.35. The first-order valence-corrected chi connectivity index (χ1v) is 4.73. The van der Waals surface area contributed by atoms with Gasteiger partial charge in [0.2, 0.25) is 0 Å². The van der Waals surface area contributed by atoms with Crippen molar-refractivity contribution in [2.24, 2.45) is 0 Å². The maximum absolute atomic E-state index is 10.9. The largest absolute Gasteiger partial charge is 0.478 e. The molecule has 1 aromatic heterocycles. The van der Waals surface area contributed by atoms with E-state index in [1.807, 2.05) is 13.8 Å². The highest BCUT2D eigenvalue weighted by Gasteiger charge is 2.17. The summed E-state index contributed by atoms with van der Waals surface area (Å²) in [6.45, 7) is 4.06. The predicted octanol–water partition coefficient (Wildman–Crippen LogP) is 2.08. The van der Waals surface area contributed by atoms with Gasteiger partial charge in [-0.15, -0.1) is 0 Å². The van der Waals surface area contributed by atoms with Crippen LogP contribution in [0.3, 0.4) is 0 Å². The Hall–Kier alpha value is -1.45. The minimum Gasteiger partial charge on any atom is -0.478 e. The molecule has 0 aromatic carbocycles. The summed E-state index contributed by atoms with van der Waals surface area (Å²) in [6.07, 6.45) is 4.56. The number of aromatic nitrogens is 2. The molecule has 1 aromatic rings. The molecule has 14 heavy (non-hydrogen) atoms. The Kier molecular flexibility index (Phi) is 3.56. The predicted molar refractivity (Wildman–Crippen MR) is 52.3 cm³/mol. The molecule has 76 valence electrons. The number of hydrogen-bond acceptors (Lipinski definition) is 3. The molecule has 0 bridgehead atoms. The smallest absolute Gasteiger partial charge is 0.339 e. The van der Waals surface area contributed by atoms with Crippen molar-refractivity contribution in [3.8, 4) is 0 Å². The minimum atomic E-state index is -0.951. The lowest BCUT2D eigenvalue weighted by Gasteiger charge is -2.12. The maximum Gasteiger partial charge on any atom is 0.339 e. The summed E-state index contributed by atoms with van der Waals surface area (Å²) < 4.78 is 0. The first-order chi connectivity index (χ1) is 6.70. The second-order valence-corrected chi connectivity index (χ2v) is 3.14. The molecule has 0 aliphatic heterocycles. The quantitative estimate of drug-likeness (QED) is 0.797. The van der Waals surface area contributed by atoms with Crippen LogP contribution in [0, 0.1) is 0 Å². The maximum atomic E-state index is 10.9. The van der Waals surface area contributed by atoms with Crippen LogP contribution >= 0.6 is 0 Å². The zero-order valence-corrected chi connectivity index (χ0v) is 8.40. The Bertz CT molecular complexity index is 322. The fraction of sp³-hybridized carbons (Fsp3) is 0.500. The summed E-state index contributed by atoms with van der Waals surface area (Å²) in [6, 6.07) is 0. The molecular weight excluding hydrogens is 180 g/mol. The van der Waals surface area contributed by atoms with Gasteiger partial charge in [-0.1, -0.05) is 13.8 Å². The SMILES string of the molecule is CCC(CC)c1ncncc1C(=O)O. The van der Waals surface area contributed by atoms with Crippen LogP contribution in [0.4, 0.5) is 0 Å². The van der Waals surface area contributed by atoms with E-state index >= 15 is 0 Å². The molecule has 0 spiro atoms. The van der Waals surface area contributed by atoms with Crippen molar-refractivity contribution in [3.63, 3.8) is 0 Å². The first kappa shape index (κ1) is 10.6. The molecular formula is C10H14N2O2. The van der Waals surface area contributed by atoms with Gasteiger partial charge in [0, 0.05) is 12.1 Å². The van der Waals surface area contributed by atoms with Crippen LogP contribution < -0.4 is 0 Å². The number of carboxylic acid groups (broad SMARTS) is 1. The van der Waals surface area contributed by atoms with E-state index < -0.39 is 5.97 Å². The molecule has 0 atom stereocenters. The van der Waals surface area contributed by atoms with Crippen molar-refractivity contribution in [2.45, 2.75) is 32.6 Å².